The SMILES string of the molecule is COc1c(CO)ccc(C#N)c1F. The van der Waals surface area contributed by atoms with Crippen molar-refractivity contribution in [2.24, 2.45) is 0 Å². The number of methoxy groups -OCH3 is 1. The van der Waals surface area contributed by atoms with Crippen LogP contribution in [0.1, 0.15) is 11.1 Å². The van der Waals surface area contributed by atoms with Gasteiger partial charge in [0.25, 0.3) is 0 Å². The summed E-state index contributed by atoms with van der Waals surface area (Å²) in [7, 11) is 1.29. The molecule has 0 amide bonds. The van der Waals surface area contributed by atoms with Crippen molar-refractivity contribution >= 4 is 0 Å². The van der Waals surface area contributed by atoms with E-state index in [-0.39, 0.29) is 17.9 Å². The zero-order valence-electron chi connectivity index (χ0n) is 7.04. The number of nitriles is 1. The summed E-state index contributed by atoms with van der Waals surface area (Å²) in [6, 6.07) is 4.45. The van der Waals surface area contributed by atoms with E-state index in [1.54, 1.807) is 6.07 Å². The van der Waals surface area contributed by atoms with Crippen molar-refractivity contribution in [3.63, 3.8) is 0 Å². The van der Waals surface area contributed by atoms with Crippen LogP contribution in [-0.4, -0.2) is 12.2 Å². The Morgan fingerprint density at radius 3 is 2.77 bits per heavy atom. The molecule has 4 heteroatoms. The molecule has 1 N–H and O–H groups in total. The average molecular weight is 181 g/mol. The molecule has 3 nitrogen and oxygen atoms in total. The number of aliphatic hydroxyl groups excluding tert-OH is 1. The Bertz CT molecular complexity index is 357. The fourth-order valence-corrected chi connectivity index (χ4v) is 1.03. The molecule has 0 unspecified atom stereocenters. The largest absolute Gasteiger partial charge is 0.493 e. The Balaban J connectivity index is 3.34. The van der Waals surface area contributed by atoms with E-state index in [0.29, 0.717) is 5.56 Å². The van der Waals surface area contributed by atoms with E-state index in [1.807, 2.05) is 0 Å². The van der Waals surface area contributed by atoms with Gasteiger partial charge in [-0.15, -0.1) is 0 Å². The van der Waals surface area contributed by atoms with Gasteiger partial charge in [0.2, 0.25) is 0 Å². The molecule has 0 saturated carbocycles. The molecule has 0 aromatic heterocycles. The molecule has 0 atom stereocenters. The molecule has 13 heavy (non-hydrogen) atoms. The summed E-state index contributed by atoms with van der Waals surface area (Å²) >= 11 is 0. The number of hydrogen-bond donors (Lipinski definition) is 1. The number of halogens is 1. The first-order valence-electron chi connectivity index (χ1n) is 3.61. The van der Waals surface area contributed by atoms with E-state index in [4.69, 9.17) is 15.1 Å². The van der Waals surface area contributed by atoms with Crippen molar-refractivity contribution in [2.45, 2.75) is 6.61 Å². The highest BCUT2D eigenvalue weighted by Gasteiger charge is 2.12. The molecule has 0 spiro atoms. The van der Waals surface area contributed by atoms with Crippen LogP contribution in [0.5, 0.6) is 5.75 Å². The highest BCUT2D eigenvalue weighted by Crippen LogP contribution is 2.24. The van der Waals surface area contributed by atoms with Crippen molar-refractivity contribution < 1.29 is 14.2 Å². The summed E-state index contributed by atoms with van der Waals surface area (Å²) in [6.45, 7) is -0.314. The summed E-state index contributed by atoms with van der Waals surface area (Å²) in [5.74, 6) is -0.793. The van der Waals surface area contributed by atoms with Crippen LogP contribution in [0.15, 0.2) is 12.1 Å². The van der Waals surface area contributed by atoms with Gasteiger partial charge in [0.1, 0.15) is 6.07 Å². The van der Waals surface area contributed by atoms with Crippen molar-refractivity contribution in [1.82, 2.24) is 0 Å². The van der Waals surface area contributed by atoms with E-state index in [2.05, 4.69) is 0 Å². The zero-order chi connectivity index (χ0) is 9.84. The molecule has 0 fully saturated rings. The highest BCUT2D eigenvalue weighted by molar-refractivity contribution is 5.44. The van der Waals surface area contributed by atoms with Gasteiger partial charge in [-0.1, -0.05) is 6.07 Å². The Morgan fingerprint density at radius 1 is 1.62 bits per heavy atom. The normalized spacial score (nSPS) is 9.38. The number of rotatable bonds is 2. The maximum Gasteiger partial charge on any atom is 0.183 e. The molecule has 1 rings (SSSR count). The second-order valence-electron chi connectivity index (χ2n) is 2.39. The molecular weight excluding hydrogens is 173 g/mol. The number of ether oxygens (including phenoxy) is 1. The molecule has 0 aliphatic rings. The Morgan fingerprint density at radius 2 is 2.31 bits per heavy atom. The maximum absolute atomic E-state index is 13.3. The van der Waals surface area contributed by atoms with E-state index in [9.17, 15) is 4.39 Å². The number of aliphatic hydroxyl groups is 1. The van der Waals surface area contributed by atoms with Gasteiger partial charge in [-0.25, -0.2) is 4.39 Å². The summed E-state index contributed by atoms with van der Waals surface area (Å²) in [4.78, 5) is 0. The van der Waals surface area contributed by atoms with E-state index < -0.39 is 5.82 Å². The van der Waals surface area contributed by atoms with Crippen LogP contribution < -0.4 is 4.74 Å². The molecule has 0 saturated heterocycles. The van der Waals surface area contributed by atoms with Crippen LogP contribution in [0.2, 0.25) is 0 Å². The zero-order valence-corrected chi connectivity index (χ0v) is 7.04. The third-order valence-corrected chi connectivity index (χ3v) is 1.67. The Hall–Kier alpha value is -1.60. The summed E-state index contributed by atoms with van der Waals surface area (Å²) in [6.07, 6.45) is 0. The minimum atomic E-state index is -0.725. The Labute approximate surface area is 75.0 Å². The lowest BCUT2D eigenvalue weighted by Crippen LogP contribution is -1.97. The second kappa shape index (κ2) is 3.87. The molecule has 0 radical (unpaired) electrons. The van der Waals surface area contributed by atoms with Gasteiger partial charge in [0.15, 0.2) is 11.6 Å². The maximum atomic E-state index is 13.3. The number of benzene rings is 1. The molecule has 68 valence electrons. The van der Waals surface area contributed by atoms with Crippen LogP contribution in [-0.2, 0) is 6.61 Å². The van der Waals surface area contributed by atoms with Crippen LogP contribution >= 0.6 is 0 Å². The first-order valence-corrected chi connectivity index (χ1v) is 3.61. The lowest BCUT2D eigenvalue weighted by atomic mass is 10.1. The van der Waals surface area contributed by atoms with Crippen molar-refractivity contribution in [1.29, 1.82) is 5.26 Å². The molecule has 0 aliphatic carbocycles. The quantitative estimate of drug-likeness (QED) is 0.745. The molecule has 1 aromatic carbocycles. The van der Waals surface area contributed by atoms with Crippen molar-refractivity contribution in [2.75, 3.05) is 7.11 Å². The second-order valence-corrected chi connectivity index (χ2v) is 2.39. The predicted molar refractivity (Wildman–Crippen MR) is 43.6 cm³/mol. The summed E-state index contributed by atoms with van der Waals surface area (Å²) in [5, 5.41) is 17.3. The van der Waals surface area contributed by atoms with Gasteiger partial charge < -0.3 is 9.84 Å². The summed E-state index contributed by atoms with van der Waals surface area (Å²) < 4.78 is 18.0. The lowest BCUT2D eigenvalue weighted by molar-refractivity contribution is 0.271. The fourth-order valence-electron chi connectivity index (χ4n) is 1.03. The van der Waals surface area contributed by atoms with Crippen LogP contribution in [0.3, 0.4) is 0 Å². The van der Waals surface area contributed by atoms with E-state index in [1.165, 1.54) is 19.2 Å². The highest BCUT2D eigenvalue weighted by atomic mass is 19.1. The van der Waals surface area contributed by atoms with Crippen molar-refractivity contribution in [3.8, 4) is 11.8 Å². The first kappa shape index (κ1) is 9.49. The van der Waals surface area contributed by atoms with Gasteiger partial charge in [-0.2, -0.15) is 5.26 Å². The number of nitrogens with zero attached hydrogens (tertiary/aromatic N) is 1. The van der Waals surface area contributed by atoms with Gasteiger partial charge in [0, 0.05) is 5.56 Å². The van der Waals surface area contributed by atoms with Gasteiger partial charge in [0.05, 0.1) is 19.3 Å². The smallest absolute Gasteiger partial charge is 0.183 e. The minimum Gasteiger partial charge on any atom is -0.493 e. The van der Waals surface area contributed by atoms with Crippen LogP contribution in [0.25, 0.3) is 0 Å². The van der Waals surface area contributed by atoms with Crippen LogP contribution in [0, 0.1) is 17.1 Å². The topological polar surface area (TPSA) is 53.2 Å². The summed E-state index contributed by atoms with van der Waals surface area (Å²) in [5.41, 5.74) is 0.244. The Kier molecular flexibility index (Phi) is 2.83. The third-order valence-electron chi connectivity index (χ3n) is 1.67. The molecular formula is C9H8FNO2. The third kappa shape index (κ3) is 1.60. The lowest BCUT2D eigenvalue weighted by Gasteiger charge is -2.07. The van der Waals surface area contributed by atoms with Crippen LogP contribution in [0.4, 0.5) is 4.39 Å². The molecule has 0 aliphatic heterocycles. The molecule has 0 heterocycles. The first-order chi connectivity index (χ1) is 6.24. The average Bonchev–Trinajstić information content (AvgIpc) is 2.17. The standard InChI is InChI=1S/C9H8FNO2/c1-13-9-7(5-12)3-2-6(4-11)8(9)10/h2-3,12H,5H2,1H3. The molecule has 1 aromatic rings. The number of hydrogen-bond acceptors (Lipinski definition) is 3. The van der Waals surface area contributed by atoms with E-state index >= 15 is 0 Å². The predicted octanol–water partition coefficient (Wildman–Crippen LogP) is 1.20. The van der Waals surface area contributed by atoms with Gasteiger partial charge in [-0.05, 0) is 6.07 Å². The van der Waals surface area contributed by atoms with Gasteiger partial charge >= 0.3 is 0 Å². The molecule has 0 bridgehead atoms. The van der Waals surface area contributed by atoms with Crippen molar-refractivity contribution in [3.05, 3.63) is 29.1 Å². The monoisotopic (exact) mass is 181 g/mol. The fraction of sp³-hybridized carbons (Fsp3) is 0.222. The van der Waals surface area contributed by atoms with Gasteiger partial charge in [-0.3, -0.25) is 0 Å². The van der Waals surface area contributed by atoms with E-state index in [0.717, 1.165) is 0 Å². The minimum absolute atomic E-state index is 0.0680.